The minimum Gasteiger partial charge on any atom is -0.335 e. The second-order valence-corrected chi connectivity index (χ2v) is 8.89. The summed E-state index contributed by atoms with van der Waals surface area (Å²) in [7, 11) is 0. The molecule has 0 saturated heterocycles. The number of hydrogen-bond donors (Lipinski definition) is 2. The number of thiophene rings is 1. The molecule has 2 aromatic rings. The number of nitrogens with one attached hydrogen (secondary N) is 2. The molecule has 0 fully saturated rings. The van der Waals surface area contributed by atoms with Crippen molar-refractivity contribution in [2.24, 2.45) is 0 Å². The molecule has 2 aromatic heterocycles. The predicted octanol–water partition coefficient (Wildman–Crippen LogP) is 3.37. The maximum atomic E-state index is 13.0. The van der Waals surface area contributed by atoms with Crippen LogP contribution in [0.15, 0.2) is 9.95 Å². The van der Waals surface area contributed by atoms with Crippen LogP contribution in [0.4, 0.5) is 4.79 Å². The Kier molecular flexibility index (Phi) is 7.05. The van der Waals surface area contributed by atoms with Gasteiger partial charge in [0.2, 0.25) is 5.91 Å². The molecule has 0 aliphatic heterocycles. The second kappa shape index (κ2) is 8.88. The van der Waals surface area contributed by atoms with Gasteiger partial charge in [0.1, 0.15) is 4.83 Å². The Bertz CT molecular complexity index is 917. The summed E-state index contributed by atoms with van der Waals surface area (Å²) in [6.07, 6.45) is 0.778. The number of nitrogens with zero attached hydrogens (tertiary/aromatic N) is 2. The van der Waals surface area contributed by atoms with E-state index in [1.165, 1.54) is 11.3 Å². The second-order valence-electron chi connectivity index (χ2n) is 6.75. The number of rotatable bonds is 6. The van der Waals surface area contributed by atoms with Crippen molar-refractivity contribution >= 4 is 45.3 Å². The molecule has 0 saturated carbocycles. The first-order chi connectivity index (χ1) is 12.6. The zero-order valence-electron chi connectivity index (χ0n) is 16.5. The Hall–Kier alpha value is -1.87. The summed E-state index contributed by atoms with van der Waals surface area (Å²) in [6.45, 7) is 11.5. The van der Waals surface area contributed by atoms with Crippen LogP contribution in [-0.2, 0) is 4.79 Å². The van der Waals surface area contributed by atoms with Gasteiger partial charge in [-0.2, -0.15) is 0 Å². The third-order valence-electron chi connectivity index (χ3n) is 4.29. The fourth-order valence-corrected chi connectivity index (χ4v) is 4.50. The lowest BCUT2D eigenvalue weighted by Gasteiger charge is -2.15. The van der Waals surface area contributed by atoms with Crippen LogP contribution in [0.1, 0.15) is 50.6 Å². The Labute approximate surface area is 166 Å². The molecular weight excluding hydrogens is 384 g/mol. The van der Waals surface area contributed by atoms with E-state index < -0.39 is 11.9 Å². The molecule has 1 atom stereocenters. The van der Waals surface area contributed by atoms with Gasteiger partial charge in [-0.05, 0) is 46.6 Å². The van der Waals surface area contributed by atoms with Gasteiger partial charge in [0, 0.05) is 17.0 Å². The van der Waals surface area contributed by atoms with Crippen LogP contribution in [0.2, 0.25) is 0 Å². The minimum absolute atomic E-state index is 0.00192. The molecule has 0 aliphatic carbocycles. The summed E-state index contributed by atoms with van der Waals surface area (Å²) in [4.78, 5) is 43.2. The van der Waals surface area contributed by atoms with E-state index in [0.29, 0.717) is 15.4 Å². The largest absolute Gasteiger partial charge is 0.335 e. The van der Waals surface area contributed by atoms with Crippen LogP contribution >= 0.6 is 23.1 Å². The van der Waals surface area contributed by atoms with Crippen molar-refractivity contribution < 1.29 is 9.59 Å². The van der Waals surface area contributed by atoms with Gasteiger partial charge in [0.05, 0.1) is 11.1 Å². The number of thioether (sulfide) groups is 1. The van der Waals surface area contributed by atoms with E-state index in [-0.39, 0.29) is 23.4 Å². The summed E-state index contributed by atoms with van der Waals surface area (Å²) in [5.41, 5.74) is 0.868. The van der Waals surface area contributed by atoms with Crippen molar-refractivity contribution in [3.63, 3.8) is 0 Å². The fourth-order valence-electron chi connectivity index (χ4n) is 2.50. The number of amides is 3. The maximum Gasteiger partial charge on any atom is 0.321 e. The molecule has 0 unspecified atom stereocenters. The molecule has 2 N–H and O–H groups in total. The number of imide groups is 1. The van der Waals surface area contributed by atoms with Crippen LogP contribution in [0.5, 0.6) is 0 Å². The zero-order chi connectivity index (χ0) is 20.3. The molecule has 0 bridgehead atoms. The number of hydrogen-bond acceptors (Lipinski definition) is 6. The van der Waals surface area contributed by atoms with E-state index >= 15 is 0 Å². The molecule has 9 heteroatoms. The third kappa shape index (κ3) is 4.90. The molecule has 0 aliphatic rings. The van der Waals surface area contributed by atoms with Crippen molar-refractivity contribution in [1.29, 1.82) is 0 Å². The Morgan fingerprint density at radius 1 is 1.26 bits per heavy atom. The monoisotopic (exact) mass is 410 g/mol. The molecule has 0 spiro atoms. The maximum absolute atomic E-state index is 13.0. The van der Waals surface area contributed by atoms with Gasteiger partial charge < -0.3 is 5.32 Å². The van der Waals surface area contributed by atoms with Gasteiger partial charge in [0.25, 0.3) is 5.56 Å². The molecule has 148 valence electrons. The fraction of sp³-hybridized carbons (Fsp3) is 0.556. The molecule has 7 nitrogen and oxygen atoms in total. The minimum atomic E-state index is -0.510. The van der Waals surface area contributed by atoms with Gasteiger partial charge in [-0.1, -0.05) is 18.7 Å². The quantitative estimate of drug-likeness (QED) is 0.563. The number of aryl methyl sites for hydroxylation is 2. The highest BCUT2D eigenvalue weighted by Crippen LogP contribution is 2.29. The first kappa shape index (κ1) is 21.4. The Morgan fingerprint density at radius 2 is 1.93 bits per heavy atom. The van der Waals surface area contributed by atoms with Crippen molar-refractivity contribution in [1.82, 2.24) is 20.2 Å². The summed E-state index contributed by atoms with van der Waals surface area (Å²) < 4.78 is 1.61. The summed E-state index contributed by atoms with van der Waals surface area (Å²) in [5, 5.41) is 6.12. The number of urea groups is 1. The van der Waals surface area contributed by atoms with Crippen LogP contribution in [0, 0.1) is 13.8 Å². The average molecular weight is 411 g/mol. The molecule has 0 aromatic carbocycles. The number of fused-ring (bicyclic) bond motifs is 1. The standard InChI is InChI=1S/C18H26N4O3S2/c1-7-10(4)19-17(25)20-13(23)8-26-18-21-15-14(11(5)12(6)27-15)16(24)22(18)9(2)3/h9-10H,7-8H2,1-6H3,(H2,19,20,23,25)/t10-/m0/s1. The van der Waals surface area contributed by atoms with E-state index in [0.717, 1.165) is 28.6 Å². The van der Waals surface area contributed by atoms with Gasteiger partial charge in [-0.3, -0.25) is 19.5 Å². The molecule has 3 amide bonds. The highest BCUT2D eigenvalue weighted by atomic mass is 32.2. The molecule has 2 rings (SSSR count). The highest BCUT2D eigenvalue weighted by Gasteiger charge is 2.19. The van der Waals surface area contributed by atoms with Crippen molar-refractivity contribution in [3.8, 4) is 0 Å². The van der Waals surface area contributed by atoms with E-state index in [1.54, 1.807) is 4.57 Å². The van der Waals surface area contributed by atoms with Gasteiger partial charge in [-0.15, -0.1) is 11.3 Å². The normalized spacial score (nSPS) is 12.4. The predicted molar refractivity (Wildman–Crippen MR) is 111 cm³/mol. The van der Waals surface area contributed by atoms with E-state index in [4.69, 9.17) is 0 Å². The van der Waals surface area contributed by atoms with Crippen molar-refractivity contribution in [2.75, 3.05) is 5.75 Å². The Morgan fingerprint density at radius 3 is 2.52 bits per heavy atom. The highest BCUT2D eigenvalue weighted by molar-refractivity contribution is 7.99. The number of aromatic nitrogens is 2. The van der Waals surface area contributed by atoms with E-state index in [1.807, 2.05) is 41.5 Å². The molecule has 0 radical (unpaired) electrons. The van der Waals surface area contributed by atoms with Crippen molar-refractivity contribution in [3.05, 3.63) is 20.8 Å². The Balaban J connectivity index is 2.21. The lowest BCUT2D eigenvalue weighted by molar-refractivity contribution is -0.117. The lowest BCUT2D eigenvalue weighted by Crippen LogP contribution is -2.44. The van der Waals surface area contributed by atoms with Gasteiger partial charge in [-0.25, -0.2) is 9.78 Å². The van der Waals surface area contributed by atoms with E-state index in [2.05, 4.69) is 15.6 Å². The average Bonchev–Trinajstić information content (AvgIpc) is 2.86. The SMILES string of the molecule is CC[C@H](C)NC(=O)NC(=O)CSc1nc2sc(C)c(C)c2c(=O)n1C(C)C. The topological polar surface area (TPSA) is 93.1 Å². The summed E-state index contributed by atoms with van der Waals surface area (Å²) in [5.74, 6) is -0.425. The summed E-state index contributed by atoms with van der Waals surface area (Å²) in [6, 6.07) is -0.608. The number of carbonyl (C=O) groups excluding carboxylic acids is 2. The van der Waals surface area contributed by atoms with Crippen LogP contribution in [0.25, 0.3) is 10.2 Å². The molecular formula is C18H26N4O3S2. The third-order valence-corrected chi connectivity index (χ3v) is 6.35. The lowest BCUT2D eigenvalue weighted by atomic mass is 10.2. The molecule has 2 heterocycles. The summed E-state index contributed by atoms with van der Waals surface area (Å²) >= 11 is 2.64. The first-order valence-corrected chi connectivity index (χ1v) is 10.7. The van der Waals surface area contributed by atoms with Crippen LogP contribution in [0.3, 0.4) is 0 Å². The first-order valence-electron chi connectivity index (χ1n) is 8.91. The smallest absolute Gasteiger partial charge is 0.321 e. The molecule has 27 heavy (non-hydrogen) atoms. The van der Waals surface area contributed by atoms with Crippen LogP contribution in [-0.4, -0.2) is 33.3 Å². The number of carbonyl (C=O) groups is 2. The zero-order valence-corrected chi connectivity index (χ0v) is 18.1. The van der Waals surface area contributed by atoms with Gasteiger partial charge in [0.15, 0.2) is 5.16 Å². The van der Waals surface area contributed by atoms with E-state index in [9.17, 15) is 14.4 Å². The van der Waals surface area contributed by atoms with Gasteiger partial charge >= 0.3 is 6.03 Å². The van der Waals surface area contributed by atoms with Crippen LogP contribution < -0.4 is 16.2 Å². The van der Waals surface area contributed by atoms with Crippen molar-refractivity contribution in [2.45, 2.75) is 65.2 Å².